The molecule has 3 heterocycles. The molecule has 1 aromatic carbocycles. The minimum Gasteiger partial charge on any atom is -0.394 e. The maximum atomic E-state index is 14.2. The minimum atomic E-state index is -2.92. The van der Waals surface area contributed by atoms with E-state index in [1.54, 1.807) is 11.6 Å². The number of hydrogen-bond acceptors (Lipinski definition) is 10. The third kappa shape index (κ3) is 6.09. The van der Waals surface area contributed by atoms with E-state index in [4.69, 9.17) is 9.47 Å². The number of thioether (sulfide) groups is 1. The molecule has 2 aliphatic rings. The number of alkyl halides is 2. The van der Waals surface area contributed by atoms with Gasteiger partial charge < -0.3 is 24.8 Å². The van der Waals surface area contributed by atoms with Crippen LogP contribution in [0.3, 0.4) is 0 Å². The SMILES string of the molecule is CCn1nnc(C)c1C(S[C@@H]1O[C@H](CO)[C@H](O)[C@H](n2cc(-c3cc(F)c(F)c(F)c3)nn2)[C@H]1OC)C1(O)CCC(F)(F)CC1. The van der Waals surface area contributed by atoms with Crippen molar-refractivity contribution >= 4 is 11.8 Å². The number of aryl methyl sites for hydroxylation is 2. The monoisotopic (exact) mass is 648 g/mol. The molecule has 1 aliphatic carbocycles. The number of halogens is 5. The quantitative estimate of drug-likeness (QED) is 0.234. The topological polar surface area (TPSA) is 141 Å². The average Bonchev–Trinajstić information content (AvgIpc) is 3.63. The maximum absolute atomic E-state index is 14.2. The summed E-state index contributed by atoms with van der Waals surface area (Å²) in [5.41, 5.74) is -1.80. The van der Waals surface area contributed by atoms with Crippen LogP contribution in [0.2, 0.25) is 0 Å². The molecule has 17 heteroatoms. The molecule has 0 spiro atoms. The first kappa shape index (κ1) is 32.7. The maximum Gasteiger partial charge on any atom is 0.248 e. The highest BCUT2D eigenvalue weighted by atomic mass is 32.2. The van der Waals surface area contributed by atoms with Crippen molar-refractivity contribution in [1.29, 1.82) is 0 Å². The average molecular weight is 649 g/mol. The van der Waals surface area contributed by atoms with Crippen molar-refractivity contribution in [3.63, 3.8) is 0 Å². The Bertz CT molecular complexity index is 1440. The lowest BCUT2D eigenvalue weighted by Crippen LogP contribution is -2.56. The van der Waals surface area contributed by atoms with Gasteiger partial charge in [0.15, 0.2) is 17.5 Å². The van der Waals surface area contributed by atoms with Crippen molar-refractivity contribution in [3.05, 3.63) is 47.2 Å². The Labute approximate surface area is 253 Å². The molecule has 5 rings (SSSR count). The number of aliphatic hydroxyl groups excluding tert-OH is 2. The molecule has 0 amide bonds. The summed E-state index contributed by atoms with van der Waals surface area (Å²) in [5, 5.41) is 48.6. The number of aliphatic hydroxyl groups is 3. The summed E-state index contributed by atoms with van der Waals surface area (Å²) in [6.45, 7) is 3.27. The summed E-state index contributed by atoms with van der Waals surface area (Å²) < 4.78 is 84.4. The Kier molecular flexibility index (Phi) is 9.36. The van der Waals surface area contributed by atoms with Gasteiger partial charge in [-0.1, -0.05) is 10.4 Å². The second-order valence-corrected chi connectivity index (χ2v) is 12.3. The van der Waals surface area contributed by atoms with Gasteiger partial charge in [-0.3, -0.25) is 0 Å². The Morgan fingerprint density at radius 2 is 1.77 bits per heavy atom. The van der Waals surface area contributed by atoms with Gasteiger partial charge in [0.05, 0.1) is 35.0 Å². The molecular formula is C27H33F5N6O5S. The Balaban J connectivity index is 1.52. The highest BCUT2D eigenvalue weighted by Gasteiger charge is 2.53. The van der Waals surface area contributed by atoms with Crippen LogP contribution < -0.4 is 0 Å². The third-order valence-corrected chi connectivity index (χ3v) is 9.88. The second kappa shape index (κ2) is 12.6. The fourth-order valence-electron chi connectivity index (χ4n) is 5.84. The zero-order valence-corrected chi connectivity index (χ0v) is 24.9. The third-order valence-electron chi connectivity index (χ3n) is 8.30. The predicted octanol–water partition coefficient (Wildman–Crippen LogP) is 3.33. The van der Waals surface area contributed by atoms with Crippen LogP contribution in [0.4, 0.5) is 22.0 Å². The van der Waals surface area contributed by atoms with Crippen molar-refractivity contribution in [1.82, 2.24) is 30.0 Å². The van der Waals surface area contributed by atoms with Crippen LogP contribution in [0.25, 0.3) is 11.3 Å². The standard InChI is InChI=1S/C27H33F5N6O5S/c1-4-37-20(13(2)33-35-37)24(26(41)5-7-27(31,32)8-6-26)44-25-23(42-3)21(22(40)18(12-39)43-25)38-11-17(34-36-38)14-9-15(28)19(30)16(29)10-14/h9-11,18,21-25,39-41H,4-8,12H2,1-3H3/t18-,21+,22+,23-,24?,25+/m1/s1. The van der Waals surface area contributed by atoms with Crippen molar-refractivity contribution < 1.29 is 46.7 Å². The van der Waals surface area contributed by atoms with Crippen molar-refractivity contribution in [2.24, 2.45) is 0 Å². The first-order valence-electron chi connectivity index (χ1n) is 14.0. The molecule has 1 saturated heterocycles. The molecule has 3 aromatic rings. The van der Waals surface area contributed by atoms with Gasteiger partial charge in [0.25, 0.3) is 0 Å². The Morgan fingerprint density at radius 1 is 1.11 bits per heavy atom. The van der Waals surface area contributed by atoms with Gasteiger partial charge in [0.1, 0.15) is 35.5 Å². The summed E-state index contributed by atoms with van der Waals surface area (Å²) in [4.78, 5) is 0. The van der Waals surface area contributed by atoms with Gasteiger partial charge in [-0.25, -0.2) is 31.3 Å². The summed E-state index contributed by atoms with van der Waals surface area (Å²) in [7, 11) is 1.34. The van der Waals surface area contributed by atoms with Crippen LogP contribution >= 0.6 is 11.8 Å². The van der Waals surface area contributed by atoms with Gasteiger partial charge in [0.2, 0.25) is 5.92 Å². The number of methoxy groups -OCH3 is 1. The molecule has 3 N–H and O–H groups in total. The van der Waals surface area contributed by atoms with E-state index in [1.807, 2.05) is 6.92 Å². The van der Waals surface area contributed by atoms with E-state index in [9.17, 15) is 37.3 Å². The zero-order chi connectivity index (χ0) is 32.0. The van der Waals surface area contributed by atoms with Gasteiger partial charge in [-0.15, -0.1) is 22.0 Å². The van der Waals surface area contributed by atoms with Crippen LogP contribution in [0.15, 0.2) is 18.3 Å². The largest absolute Gasteiger partial charge is 0.394 e. The number of benzene rings is 1. The smallest absolute Gasteiger partial charge is 0.248 e. The number of nitrogens with zero attached hydrogens (tertiary/aromatic N) is 6. The van der Waals surface area contributed by atoms with Crippen LogP contribution in [-0.4, -0.2) is 94.3 Å². The number of aromatic nitrogens is 6. The fraction of sp³-hybridized carbons (Fsp3) is 0.630. The molecule has 2 aromatic heterocycles. The van der Waals surface area contributed by atoms with Crippen LogP contribution in [0.1, 0.15) is 55.3 Å². The van der Waals surface area contributed by atoms with E-state index in [2.05, 4.69) is 20.6 Å². The summed E-state index contributed by atoms with van der Waals surface area (Å²) in [6.07, 6.45) is -3.85. The van der Waals surface area contributed by atoms with Crippen LogP contribution in [-0.2, 0) is 16.0 Å². The number of ether oxygens (including phenoxy) is 2. The van der Waals surface area contributed by atoms with Gasteiger partial charge >= 0.3 is 0 Å². The molecule has 0 radical (unpaired) electrons. The van der Waals surface area contributed by atoms with Gasteiger partial charge in [-0.05, 0) is 38.8 Å². The van der Waals surface area contributed by atoms with Gasteiger partial charge in [0, 0.05) is 32.1 Å². The summed E-state index contributed by atoms with van der Waals surface area (Å²) in [6, 6.07) is 0.422. The molecule has 1 saturated carbocycles. The van der Waals surface area contributed by atoms with Crippen molar-refractivity contribution in [2.45, 2.75) is 92.6 Å². The lowest BCUT2D eigenvalue weighted by atomic mass is 9.79. The van der Waals surface area contributed by atoms with Crippen molar-refractivity contribution in [3.8, 4) is 11.3 Å². The van der Waals surface area contributed by atoms with E-state index >= 15 is 0 Å². The van der Waals surface area contributed by atoms with Crippen molar-refractivity contribution in [2.75, 3.05) is 13.7 Å². The molecule has 1 aliphatic heterocycles. The van der Waals surface area contributed by atoms with Gasteiger partial charge in [-0.2, -0.15) is 0 Å². The number of hydrogen-bond donors (Lipinski definition) is 3. The summed E-state index contributed by atoms with van der Waals surface area (Å²) in [5.74, 6) is -7.41. The van der Waals surface area contributed by atoms with E-state index in [-0.39, 0.29) is 24.1 Å². The normalized spacial score (nSPS) is 27.4. The Hall–Kier alpha value is -2.70. The molecule has 6 atom stereocenters. The fourth-order valence-corrected chi connectivity index (χ4v) is 7.65. The molecule has 11 nitrogen and oxygen atoms in total. The lowest BCUT2D eigenvalue weighted by Gasteiger charge is -2.47. The molecule has 2 fully saturated rings. The molecule has 44 heavy (non-hydrogen) atoms. The lowest BCUT2D eigenvalue weighted by molar-refractivity contribution is -0.186. The van der Waals surface area contributed by atoms with E-state index in [0.717, 1.165) is 23.9 Å². The van der Waals surface area contributed by atoms with E-state index in [0.29, 0.717) is 17.9 Å². The van der Waals surface area contributed by atoms with E-state index < -0.39 is 83.5 Å². The first-order valence-corrected chi connectivity index (χ1v) is 15.0. The second-order valence-electron chi connectivity index (χ2n) is 11.1. The van der Waals surface area contributed by atoms with Crippen LogP contribution in [0.5, 0.6) is 0 Å². The summed E-state index contributed by atoms with van der Waals surface area (Å²) >= 11 is 1.07. The molecular weight excluding hydrogens is 615 g/mol. The highest BCUT2D eigenvalue weighted by molar-refractivity contribution is 8.00. The van der Waals surface area contributed by atoms with Crippen LogP contribution in [0, 0.1) is 24.4 Å². The van der Waals surface area contributed by atoms with E-state index in [1.165, 1.54) is 18.0 Å². The molecule has 1 unspecified atom stereocenters. The molecule has 0 bridgehead atoms. The molecule has 242 valence electrons. The Morgan fingerprint density at radius 3 is 2.36 bits per heavy atom. The zero-order valence-electron chi connectivity index (χ0n) is 24.1. The predicted molar refractivity (Wildman–Crippen MR) is 146 cm³/mol. The first-order chi connectivity index (χ1) is 20.8. The number of rotatable bonds is 9. The highest BCUT2D eigenvalue weighted by Crippen LogP contribution is 2.53. The minimum absolute atomic E-state index is 0.0371.